The van der Waals surface area contributed by atoms with Gasteiger partial charge in [0.1, 0.15) is 0 Å². The van der Waals surface area contributed by atoms with Crippen molar-refractivity contribution < 1.29 is 19.1 Å². The number of fused-ring (bicyclic) bond motifs is 5. The van der Waals surface area contributed by atoms with Gasteiger partial charge in [-0.1, -0.05) is 6.92 Å². The van der Waals surface area contributed by atoms with Crippen LogP contribution < -0.4 is 9.47 Å². The van der Waals surface area contributed by atoms with Gasteiger partial charge in [-0.25, -0.2) is 0 Å². The van der Waals surface area contributed by atoms with Crippen molar-refractivity contribution in [3.63, 3.8) is 0 Å². The Hall–Kier alpha value is 1.55. The van der Waals surface area contributed by atoms with Crippen LogP contribution in [-0.4, -0.2) is 27.4 Å². The topological polar surface area (TPSA) is 27.7 Å². The average molecular weight is 762 g/mol. The third-order valence-electron chi connectivity index (χ3n) is 7.43. The molecule has 0 saturated heterocycles. The van der Waals surface area contributed by atoms with Gasteiger partial charge in [0.2, 0.25) is 0 Å². The zero-order chi connectivity index (χ0) is 20.5. The zero-order valence-electron chi connectivity index (χ0n) is 17.0. The van der Waals surface area contributed by atoms with E-state index >= 15 is 0 Å². The molecule has 7 heteroatoms. The number of halogens is 3. The molecule has 3 nitrogen and oxygen atoms in total. The zero-order valence-corrected chi connectivity index (χ0v) is 24.9. The molecule has 0 aromatic heterocycles. The monoisotopic (exact) mass is 762 g/mol. The van der Waals surface area contributed by atoms with E-state index in [4.69, 9.17) is 14.2 Å². The summed E-state index contributed by atoms with van der Waals surface area (Å²) in [5.41, 5.74) is 3.37. The number of benzene rings is 1. The van der Waals surface area contributed by atoms with Crippen LogP contribution in [0.4, 0.5) is 0 Å². The molecule has 0 N–H and O–H groups in total. The van der Waals surface area contributed by atoms with Crippen LogP contribution >= 0.6 is 59.9 Å². The molecule has 1 aromatic carbocycles. The second-order valence-electron chi connectivity index (χ2n) is 8.36. The van der Waals surface area contributed by atoms with Crippen molar-refractivity contribution in [3.05, 3.63) is 23.3 Å². The maximum absolute atomic E-state index is 5.86. The fourth-order valence-corrected chi connectivity index (χ4v) is 6.24. The van der Waals surface area contributed by atoms with E-state index in [0.29, 0.717) is 17.4 Å². The minimum atomic E-state index is -0.278. The fourth-order valence-electron chi connectivity index (χ4n) is 6.24. The third kappa shape index (κ3) is 4.81. The standard InChI is InChI=1S/C21H30O3.3HI.V/c1-21-10-9-14-15(17(21)7-8-20(21)24-4)6-5-13-11-18(22-2)19(23-3)12-16(13)14;;;;/h11-12,14-15,17,20H,5-10H2,1-4H3;3*1H;/q;;;;+3/p-3/t14?,15?,17?,20?,21-;;;;/m0..../s1. The first-order valence-electron chi connectivity index (χ1n) is 9.90. The van der Waals surface area contributed by atoms with E-state index in [1.807, 2.05) is 7.11 Å². The van der Waals surface area contributed by atoms with E-state index in [0.717, 1.165) is 23.3 Å². The Morgan fingerprint density at radius 3 is 2.21 bits per heavy atom. The molecule has 3 aliphatic rings. The molecule has 2 saturated carbocycles. The second kappa shape index (κ2) is 10.4. The fraction of sp³-hybridized carbons (Fsp3) is 0.714. The number of hydrogen-bond donors (Lipinski definition) is 0. The number of aryl methyl sites for hydroxylation is 1. The van der Waals surface area contributed by atoms with E-state index < -0.39 is 0 Å². The summed E-state index contributed by atoms with van der Waals surface area (Å²) < 4.78 is 17.0. The summed E-state index contributed by atoms with van der Waals surface area (Å²) in [5.74, 6) is 4.04. The summed E-state index contributed by atoms with van der Waals surface area (Å²) in [5, 5.41) is 0. The van der Waals surface area contributed by atoms with E-state index in [9.17, 15) is 0 Å². The van der Waals surface area contributed by atoms with E-state index in [-0.39, 0.29) is 4.92 Å². The Labute approximate surface area is 207 Å². The van der Waals surface area contributed by atoms with Crippen molar-refractivity contribution in [2.75, 3.05) is 21.3 Å². The minimum absolute atomic E-state index is 0.278. The van der Waals surface area contributed by atoms with Crippen LogP contribution in [0.3, 0.4) is 0 Å². The molecule has 0 aliphatic heterocycles. The molecule has 0 amide bonds. The molecule has 158 valence electrons. The van der Waals surface area contributed by atoms with Gasteiger partial charge in [-0.15, -0.1) is 0 Å². The molecule has 3 aliphatic carbocycles. The quantitative estimate of drug-likeness (QED) is 0.305. The van der Waals surface area contributed by atoms with Gasteiger partial charge in [-0.05, 0) is 85.0 Å². The van der Waals surface area contributed by atoms with Crippen LogP contribution in [0.1, 0.15) is 56.1 Å². The maximum atomic E-state index is 5.86. The first kappa shape index (κ1) is 24.2. The molecule has 2 fully saturated rings. The van der Waals surface area contributed by atoms with Crippen molar-refractivity contribution in [1.82, 2.24) is 0 Å². The molecule has 0 spiro atoms. The predicted octanol–water partition coefficient (Wildman–Crippen LogP) is 7.23. The summed E-state index contributed by atoms with van der Waals surface area (Å²) in [7, 11) is 5.37. The van der Waals surface area contributed by atoms with Crippen LogP contribution in [0.15, 0.2) is 12.1 Å². The molecule has 0 radical (unpaired) electrons. The average Bonchev–Trinajstić information content (AvgIpc) is 3.02. The van der Waals surface area contributed by atoms with E-state index in [2.05, 4.69) is 79.0 Å². The van der Waals surface area contributed by atoms with Gasteiger partial charge in [0.15, 0.2) is 11.5 Å². The molecular formula is C21H30I3O3V. The van der Waals surface area contributed by atoms with Crippen LogP contribution in [0.5, 0.6) is 11.5 Å². The van der Waals surface area contributed by atoms with E-state index in [1.165, 1.54) is 49.7 Å². The van der Waals surface area contributed by atoms with Gasteiger partial charge >= 0.3 is 64.9 Å². The Bertz CT molecular complexity index is 684. The van der Waals surface area contributed by atoms with E-state index in [1.54, 1.807) is 14.2 Å². The first-order chi connectivity index (χ1) is 13.3. The van der Waals surface area contributed by atoms with Gasteiger partial charge in [0, 0.05) is 7.11 Å². The van der Waals surface area contributed by atoms with Crippen molar-refractivity contribution in [2.24, 2.45) is 17.3 Å². The van der Waals surface area contributed by atoms with Crippen LogP contribution in [0, 0.1) is 17.3 Å². The molecular weight excluding hydrogens is 732 g/mol. The van der Waals surface area contributed by atoms with Crippen LogP contribution in [0.25, 0.3) is 0 Å². The van der Waals surface area contributed by atoms with Gasteiger partial charge < -0.3 is 14.2 Å². The molecule has 5 atom stereocenters. The Morgan fingerprint density at radius 1 is 0.964 bits per heavy atom. The molecule has 0 bridgehead atoms. The van der Waals surface area contributed by atoms with Gasteiger partial charge in [0.25, 0.3) is 0 Å². The first-order valence-corrected chi connectivity index (χ1v) is 23.4. The van der Waals surface area contributed by atoms with Crippen molar-refractivity contribution in [2.45, 2.75) is 57.5 Å². The normalized spacial score (nSPS) is 33.3. The molecule has 4 rings (SSSR count). The predicted molar refractivity (Wildman–Crippen MR) is 137 cm³/mol. The van der Waals surface area contributed by atoms with Crippen LogP contribution in [0.2, 0.25) is 0 Å². The van der Waals surface area contributed by atoms with Crippen molar-refractivity contribution in [1.29, 1.82) is 0 Å². The summed E-state index contributed by atoms with van der Waals surface area (Å²) in [4.78, 5) is -0.278. The van der Waals surface area contributed by atoms with Gasteiger partial charge in [-0.3, -0.25) is 0 Å². The SMILES string of the molecule is COc1cc2c(cc1OC)C1CC[C@]3(C)C(OC)CCC3C1CC2.[I][V]([I])[I]. The second-order valence-corrected chi connectivity index (χ2v) is 43.7. The summed E-state index contributed by atoms with van der Waals surface area (Å²) in [6.07, 6.45) is 8.06. The Morgan fingerprint density at radius 2 is 1.61 bits per heavy atom. The summed E-state index contributed by atoms with van der Waals surface area (Å²) >= 11 is 7.39. The summed E-state index contributed by atoms with van der Waals surface area (Å²) in [6, 6.07) is 4.47. The van der Waals surface area contributed by atoms with Crippen molar-refractivity contribution in [3.8, 4) is 11.5 Å². The van der Waals surface area contributed by atoms with Gasteiger partial charge in [-0.2, -0.15) is 0 Å². The Kier molecular flexibility index (Phi) is 9.03. The third-order valence-corrected chi connectivity index (χ3v) is 7.43. The van der Waals surface area contributed by atoms with Gasteiger partial charge in [0.05, 0.1) is 20.3 Å². The number of ether oxygens (including phenoxy) is 3. The number of methoxy groups -OCH3 is 3. The van der Waals surface area contributed by atoms with Crippen molar-refractivity contribution >= 4 is 59.9 Å². The van der Waals surface area contributed by atoms with Crippen LogP contribution in [-0.2, 0) is 16.1 Å². The molecule has 28 heavy (non-hydrogen) atoms. The molecule has 1 aromatic rings. The number of rotatable bonds is 3. The molecule has 0 heterocycles. The Balaban J connectivity index is 0.000000516. The number of hydrogen-bond acceptors (Lipinski definition) is 3. The molecule has 4 unspecified atom stereocenters. The summed E-state index contributed by atoms with van der Waals surface area (Å²) in [6.45, 7) is 2.49.